The molecular formula is C17H15BrN2O3. The molecular weight excluding hydrogens is 360 g/mol. The molecule has 0 radical (unpaired) electrons. The zero-order chi connectivity index (χ0) is 16.1. The number of ether oxygens (including phenoxy) is 2. The summed E-state index contributed by atoms with van der Waals surface area (Å²) in [6, 6.07) is 13.1. The summed E-state index contributed by atoms with van der Waals surface area (Å²) in [5, 5.41) is 3.96. The van der Waals surface area contributed by atoms with Crippen LogP contribution in [0.3, 0.4) is 0 Å². The van der Waals surface area contributed by atoms with Crippen LogP contribution in [-0.2, 0) is 11.2 Å². The summed E-state index contributed by atoms with van der Waals surface area (Å²) in [5.74, 6) is 1.21. The summed E-state index contributed by atoms with van der Waals surface area (Å²) in [4.78, 5) is 11.9. The number of nitrogens with zero attached hydrogens (tertiary/aromatic N) is 1. The Balaban J connectivity index is 1.56. The zero-order valence-electron chi connectivity index (χ0n) is 12.3. The van der Waals surface area contributed by atoms with Gasteiger partial charge in [-0.2, -0.15) is 5.10 Å². The fourth-order valence-corrected chi connectivity index (χ4v) is 2.41. The van der Waals surface area contributed by atoms with E-state index in [0.29, 0.717) is 24.7 Å². The van der Waals surface area contributed by atoms with Gasteiger partial charge in [-0.25, -0.2) is 5.43 Å². The van der Waals surface area contributed by atoms with Crippen LogP contribution in [0.1, 0.15) is 11.1 Å². The van der Waals surface area contributed by atoms with Gasteiger partial charge in [-0.3, -0.25) is 4.79 Å². The van der Waals surface area contributed by atoms with Crippen LogP contribution in [0.15, 0.2) is 52.0 Å². The second-order valence-corrected chi connectivity index (χ2v) is 5.92. The first-order chi connectivity index (χ1) is 11.2. The van der Waals surface area contributed by atoms with Crippen LogP contribution in [0.25, 0.3) is 0 Å². The number of rotatable bonds is 4. The quantitative estimate of drug-likeness (QED) is 0.661. The van der Waals surface area contributed by atoms with Gasteiger partial charge in [0, 0.05) is 4.47 Å². The van der Waals surface area contributed by atoms with Gasteiger partial charge in [0.25, 0.3) is 0 Å². The smallest absolute Gasteiger partial charge is 0.244 e. The topological polar surface area (TPSA) is 59.9 Å². The molecule has 0 saturated carbocycles. The molecule has 6 heteroatoms. The maximum absolute atomic E-state index is 11.9. The van der Waals surface area contributed by atoms with Gasteiger partial charge < -0.3 is 9.47 Å². The van der Waals surface area contributed by atoms with Crippen LogP contribution < -0.4 is 14.9 Å². The van der Waals surface area contributed by atoms with Crippen molar-refractivity contribution in [3.63, 3.8) is 0 Å². The minimum Gasteiger partial charge on any atom is -0.486 e. The number of hydrogen-bond donors (Lipinski definition) is 1. The molecule has 1 heterocycles. The highest BCUT2D eigenvalue weighted by molar-refractivity contribution is 9.10. The van der Waals surface area contributed by atoms with Crippen molar-refractivity contribution in [1.29, 1.82) is 0 Å². The van der Waals surface area contributed by atoms with E-state index in [4.69, 9.17) is 9.47 Å². The first kappa shape index (κ1) is 15.6. The Hall–Kier alpha value is -2.34. The second-order valence-electron chi connectivity index (χ2n) is 5.00. The van der Waals surface area contributed by atoms with Crippen molar-refractivity contribution in [1.82, 2.24) is 5.43 Å². The highest BCUT2D eigenvalue weighted by Crippen LogP contribution is 2.30. The van der Waals surface area contributed by atoms with E-state index in [9.17, 15) is 4.79 Å². The van der Waals surface area contributed by atoms with E-state index >= 15 is 0 Å². The summed E-state index contributed by atoms with van der Waals surface area (Å²) in [5.41, 5.74) is 4.28. The fraction of sp³-hybridized carbons (Fsp3) is 0.176. The van der Waals surface area contributed by atoms with Gasteiger partial charge in [0.05, 0.1) is 12.6 Å². The van der Waals surface area contributed by atoms with Gasteiger partial charge in [0.1, 0.15) is 13.2 Å². The summed E-state index contributed by atoms with van der Waals surface area (Å²) in [7, 11) is 0. The monoisotopic (exact) mass is 374 g/mol. The van der Waals surface area contributed by atoms with E-state index in [-0.39, 0.29) is 12.3 Å². The fourth-order valence-electron chi connectivity index (χ4n) is 2.15. The van der Waals surface area contributed by atoms with Crippen LogP contribution in [0.5, 0.6) is 11.5 Å². The van der Waals surface area contributed by atoms with Gasteiger partial charge in [-0.15, -0.1) is 0 Å². The van der Waals surface area contributed by atoms with Crippen molar-refractivity contribution in [2.45, 2.75) is 6.42 Å². The third-order valence-electron chi connectivity index (χ3n) is 3.24. The van der Waals surface area contributed by atoms with E-state index < -0.39 is 0 Å². The number of carbonyl (C=O) groups is 1. The van der Waals surface area contributed by atoms with Gasteiger partial charge >= 0.3 is 0 Å². The predicted molar refractivity (Wildman–Crippen MR) is 91.0 cm³/mol. The molecule has 0 aromatic heterocycles. The van der Waals surface area contributed by atoms with Crippen molar-refractivity contribution in [2.75, 3.05) is 13.2 Å². The third kappa shape index (κ3) is 4.32. The van der Waals surface area contributed by atoms with Crippen LogP contribution in [-0.4, -0.2) is 25.3 Å². The molecule has 1 aliphatic rings. The van der Waals surface area contributed by atoms with Gasteiger partial charge in [0.2, 0.25) is 5.91 Å². The molecule has 1 N–H and O–H groups in total. The number of hydrazone groups is 1. The molecule has 0 saturated heterocycles. The van der Waals surface area contributed by atoms with E-state index in [1.165, 1.54) is 0 Å². The molecule has 1 amide bonds. The van der Waals surface area contributed by atoms with Crippen LogP contribution in [0, 0.1) is 0 Å². The Bertz CT molecular complexity index is 729. The zero-order valence-corrected chi connectivity index (χ0v) is 13.9. The Morgan fingerprint density at radius 3 is 2.65 bits per heavy atom. The van der Waals surface area contributed by atoms with Crippen molar-refractivity contribution < 1.29 is 14.3 Å². The lowest BCUT2D eigenvalue weighted by Gasteiger charge is -2.18. The van der Waals surface area contributed by atoms with Crippen LogP contribution in [0.2, 0.25) is 0 Å². The number of amides is 1. The molecule has 0 bridgehead atoms. The molecule has 118 valence electrons. The summed E-state index contributed by atoms with van der Waals surface area (Å²) >= 11 is 3.37. The minimum absolute atomic E-state index is 0.185. The first-order valence-corrected chi connectivity index (χ1v) is 7.96. The largest absolute Gasteiger partial charge is 0.486 e. The Morgan fingerprint density at radius 2 is 1.87 bits per heavy atom. The van der Waals surface area contributed by atoms with E-state index in [1.54, 1.807) is 6.21 Å². The normalized spacial score (nSPS) is 13.1. The Morgan fingerprint density at radius 1 is 1.13 bits per heavy atom. The molecule has 0 fully saturated rings. The van der Waals surface area contributed by atoms with Gasteiger partial charge in [0.15, 0.2) is 11.5 Å². The van der Waals surface area contributed by atoms with Crippen molar-refractivity contribution in [3.05, 3.63) is 58.1 Å². The maximum atomic E-state index is 11.9. The average molecular weight is 375 g/mol. The number of nitrogens with one attached hydrogen (secondary N) is 1. The molecule has 0 atom stereocenters. The second kappa shape index (κ2) is 7.28. The van der Waals surface area contributed by atoms with Crippen LogP contribution >= 0.6 is 15.9 Å². The molecule has 2 aromatic rings. The third-order valence-corrected chi connectivity index (χ3v) is 3.77. The van der Waals surface area contributed by atoms with E-state index in [0.717, 1.165) is 15.6 Å². The predicted octanol–water partition coefficient (Wildman–Crippen LogP) is 2.91. The van der Waals surface area contributed by atoms with Crippen molar-refractivity contribution in [3.8, 4) is 11.5 Å². The molecule has 0 unspecified atom stereocenters. The molecule has 3 rings (SSSR count). The lowest BCUT2D eigenvalue weighted by molar-refractivity contribution is -0.120. The number of fused-ring (bicyclic) bond motifs is 1. The maximum Gasteiger partial charge on any atom is 0.244 e. The number of benzene rings is 2. The number of carbonyl (C=O) groups excluding carboxylic acids is 1. The Kier molecular flexibility index (Phi) is 4.92. The molecule has 0 aliphatic carbocycles. The summed E-state index contributed by atoms with van der Waals surface area (Å²) in [6.45, 7) is 1.08. The van der Waals surface area contributed by atoms with Crippen molar-refractivity contribution >= 4 is 28.1 Å². The number of halogens is 1. The molecule has 1 aliphatic heterocycles. The lowest BCUT2D eigenvalue weighted by Crippen LogP contribution is -2.20. The molecule has 5 nitrogen and oxygen atoms in total. The first-order valence-electron chi connectivity index (χ1n) is 7.17. The SMILES string of the molecule is O=C(Cc1ccc2c(c1)OCCO2)N/N=C/c1ccc(Br)cc1. The van der Waals surface area contributed by atoms with E-state index in [2.05, 4.69) is 26.5 Å². The lowest BCUT2D eigenvalue weighted by atomic mass is 10.1. The van der Waals surface area contributed by atoms with Gasteiger partial charge in [-0.1, -0.05) is 34.1 Å². The van der Waals surface area contributed by atoms with Crippen LogP contribution in [0.4, 0.5) is 0 Å². The van der Waals surface area contributed by atoms with Crippen molar-refractivity contribution in [2.24, 2.45) is 5.10 Å². The minimum atomic E-state index is -0.185. The highest BCUT2D eigenvalue weighted by atomic mass is 79.9. The highest BCUT2D eigenvalue weighted by Gasteiger charge is 2.12. The Labute approximate surface area is 142 Å². The van der Waals surface area contributed by atoms with Gasteiger partial charge in [-0.05, 0) is 35.4 Å². The molecule has 2 aromatic carbocycles. The van der Waals surface area contributed by atoms with E-state index in [1.807, 2.05) is 42.5 Å². The number of hydrogen-bond acceptors (Lipinski definition) is 4. The molecule has 0 spiro atoms. The standard InChI is InChI=1S/C17H15BrN2O3/c18-14-4-1-12(2-5-14)11-19-20-17(21)10-13-3-6-15-16(9-13)23-8-7-22-15/h1-6,9,11H,7-8,10H2,(H,20,21)/b19-11+. The summed E-state index contributed by atoms with van der Waals surface area (Å²) in [6.07, 6.45) is 1.84. The summed E-state index contributed by atoms with van der Waals surface area (Å²) < 4.78 is 12.0. The average Bonchev–Trinajstić information content (AvgIpc) is 2.56. The molecule has 23 heavy (non-hydrogen) atoms.